The van der Waals surface area contributed by atoms with Crippen LogP contribution in [-0.2, 0) is 17.6 Å². The highest BCUT2D eigenvalue weighted by atomic mass is 16.5. The van der Waals surface area contributed by atoms with Crippen LogP contribution in [0.3, 0.4) is 0 Å². The zero-order valence-corrected chi connectivity index (χ0v) is 19.6. The average molecular weight is 445 g/mol. The van der Waals surface area contributed by atoms with Crippen molar-refractivity contribution >= 4 is 17.3 Å². The predicted octanol–water partition coefficient (Wildman–Crippen LogP) is 5.74. The van der Waals surface area contributed by atoms with Crippen LogP contribution in [0.2, 0.25) is 0 Å². The van der Waals surface area contributed by atoms with Crippen molar-refractivity contribution in [3.63, 3.8) is 0 Å². The Bertz CT molecular complexity index is 1110. The first-order valence-electron chi connectivity index (χ1n) is 11.6. The zero-order chi connectivity index (χ0) is 23.4. The maximum absolute atomic E-state index is 12.1. The van der Waals surface area contributed by atoms with E-state index in [1.165, 1.54) is 30.3 Å². The van der Waals surface area contributed by atoms with Gasteiger partial charge in [-0.2, -0.15) is 0 Å². The van der Waals surface area contributed by atoms with Crippen molar-refractivity contribution in [3.05, 3.63) is 88.7 Å². The molecule has 0 radical (unpaired) electrons. The van der Waals surface area contributed by atoms with Crippen LogP contribution in [0.4, 0.5) is 11.4 Å². The Morgan fingerprint density at radius 3 is 2.67 bits per heavy atom. The molecule has 1 N–H and O–H groups in total. The predicted molar refractivity (Wildman–Crippen MR) is 131 cm³/mol. The summed E-state index contributed by atoms with van der Waals surface area (Å²) in [6.45, 7) is 1.78. The number of pyridine rings is 1. The van der Waals surface area contributed by atoms with Crippen LogP contribution in [0.15, 0.2) is 60.9 Å². The van der Waals surface area contributed by atoms with Gasteiger partial charge >= 0.3 is 5.97 Å². The molecule has 2 atom stereocenters. The molecule has 33 heavy (non-hydrogen) atoms. The summed E-state index contributed by atoms with van der Waals surface area (Å²) in [7, 11) is 3.50. The number of esters is 1. The summed E-state index contributed by atoms with van der Waals surface area (Å²) in [5, 5.41) is 9.76. The number of aliphatic hydroxyl groups excluding tert-OH is 1. The first kappa shape index (κ1) is 23.0. The van der Waals surface area contributed by atoms with Crippen molar-refractivity contribution in [1.29, 1.82) is 0 Å². The van der Waals surface area contributed by atoms with Gasteiger partial charge in [-0.1, -0.05) is 18.2 Å². The lowest BCUT2D eigenvalue weighted by Gasteiger charge is -2.28. The van der Waals surface area contributed by atoms with Gasteiger partial charge in [0.1, 0.15) is 0 Å². The topological polar surface area (TPSA) is 62.7 Å². The molecule has 0 aliphatic heterocycles. The molecule has 0 saturated carbocycles. The molecule has 0 bridgehead atoms. The van der Waals surface area contributed by atoms with E-state index in [0.717, 1.165) is 42.5 Å². The minimum absolute atomic E-state index is 0.300. The monoisotopic (exact) mass is 444 g/mol. The summed E-state index contributed by atoms with van der Waals surface area (Å²) in [5.74, 6) is 0.176. The number of aryl methyl sites for hydroxylation is 2. The Morgan fingerprint density at radius 2 is 1.94 bits per heavy atom. The molecule has 1 aliphatic rings. The third-order valence-corrected chi connectivity index (χ3v) is 6.79. The highest BCUT2D eigenvalue weighted by Gasteiger charge is 2.22. The van der Waals surface area contributed by atoms with E-state index in [4.69, 9.17) is 4.74 Å². The van der Waals surface area contributed by atoms with Crippen molar-refractivity contribution in [2.45, 2.75) is 51.0 Å². The van der Waals surface area contributed by atoms with Crippen molar-refractivity contribution in [1.82, 2.24) is 4.98 Å². The SMILES string of the molecule is COC(=O)c1ccncc1CC[C@@H]1CCCc2cc(N(C)c3ccc([C@@H](C)O)cc3)ccc21. The van der Waals surface area contributed by atoms with Crippen molar-refractivity contribution in [2.24, 2.45) is 0 Å². The van der Waals surface area contributed by atoms with Crippen molar-refractivity contribution in [2.75, 3.05) is 19.1 Å². The third-order valence-electron chi connectivity index (χ3n) is 6.79. The second-order valence-corrected chi connectivity index (χ2v) is 8.86. The molecule has 0 unspecified atom stereocenters. The second kappa shape index (κ2) is 10.2. The number of ether oxygens (including phenoxy) is 1. The number of carbonyl (C=O) groups excluding carboxylic acids is 1. The molecule has 0 amide bonds. The molecule has 1 heterocycles. The number of nitrogens with zero attached hydrogens (tertiary/aromatic N) is 2. The molecule has 4 rings (SSSR count). The molecule has 0 saturated heterocycles. The number of anilines is 2. The fraction of sp³-hybridized carbons (Fsp3) is 0.357. The number of aromatic nitrogens is 1. The van der Waals surface area contributed by atoms with Crippen LogP contribution >= 0.6 is 0 Å². The Hall–Kier alpha value is -3.18. The van der Waals surface area contributed by atoms with Crippen LogP contribution in [0, 0.1) is 0 Å². The van der Waals surface area contributed by atoms with Gasteiger partial charge in [-0.3, -0.25) is 4.98 Å². The van der Waals surface area contributed by atoms with Gasteiger partial charge in [-0.15, -0.1) is 0 Å². The smallest absolute Gasteiger partial charge is 0.338 e. The number of hydrogen-bond donors (Lipinski definition) is 1. The second-order valence-electron chi connectivity index (χ2n) is 8.86. The Balaban J connectivity index is 1.50. The van der Waals surface area contributed by atoms with E-state index in [0.29, 0.717) is 11.5 Å². The van der Waals surface area contributed by atoms with E-state index in [-0.39, 0.29) is 5.97 Å². The van der Waals surface area contributed by atoms with Gasteiger partial charge < -0.3 is 14.7 Å². The Labute approximate surface area is 196 Å². The summed E-state index contributed by atoms with van der Waals surface area (Å²) in [6.07, 6.45) is 8.19. The quantitative estimate of drug-likeness (QED) is 0.471. The molecule has 2 aromatic carbocycles. The molecule has 0 spiro atoms. The summed E-state index contributed by atoms with van der Waals surface area (Å²) < 4.78 is 4.93. The average Bonchev–Trinajstić information content (AvgIpc) is 2.86. The minimum atomic E-state index is -0.458. The third kappa shape index (κ3) is 5.09. The van der Waals surface area contributed by atoms with Gasteiger partial charge in [0.2, 0.25) is 0 Å². The van der Waals surface area contributed by atoms with Gasteiger partial charge in [-0.05, 0) is 97.5 Å². The fourth-order valence-electron chi connectivity index (χ4n) is 4.80. The number of hydrogen-bond acceptors (Lipinski definition) is 5. The van der Waals surface area contributed by atoms with Gasteiger partial charge in [0.25, 0.3) is 0 Å². The number of methoxy groups -OCH3 is 1. The maximum Gasteiger partial charge on any atom is 0.338 e. The van der Waals surface area contributed by atoms with E-state index in [2.05, 4.69) is 47.3 Å². The number of benzene rings is 2. The van der Waals surface area contributed by atoms with Crippen molar-refractivity contribution < 1.29 is 14.6 Å². The minimum Gasteiger partial charge on any atom is -0.465 e. The lowest BCUT2D eigenvalue weighted by atomic mass is 9.79. The lowest BCUT2D eigenvalue weighted by molar-refractivity contribution is 0.0599. The molecule has 3 aromatic rings. The van der Waals surface area contributed by atoms with Gasteiger partial charge in [-0.25, -0.2) is 4.79 Å². The van der Waals surface area contributed by atoms with Crippen LogP contribution in [0.5, 0.6) is 0 Å². The van der Waals surface area contributed by atoms with Crippen LogP contribution in [0.1, 0.15) is 70.8 Å². The maximum atomic E-state index is 12.1. The van der Waals surface area contributed by atoms with Crippen LogP contribution in [-0.4, -0.2) is 30.2 Å². The highest BCUT2D eigenvalue weighted by Crippen LogP contribution is 2.38. The highest BCUT2D eigenvalue weighted by molar-refractivity contribution is 5.90. The van der Waals surface area contributed by atoms with E-state index in [9.17, 15) is 9.90 Å². The summed E-state index contributed by atoms with van der Waals surface area (Å²) in [6, 6.07) is 16.6. The normalized spacial score (nSPS) is 16.1. The molecule has 5 heteroatoms. The largest absolute Gasteiger partial charge is 0.465 e. The van der Waals surface area contributed by atoms with E-state index in [1.807, 2.05) is 12.1 Å². The molecule has 172 valence electrons. The van der Waals surface area contributed by atoms with Crippen LogP contribution in [0.25, 0.3) is 0 Å². The van der Waals surface area contributed by atoms with Gasteiger partial charge in [0.05, 0.1) is 18.8 Å². The molecule has 1 aromatic heterocycles. The van der Waals surface area contributed by atoms with Crippen LogP contribution < -0.4 is 4.90 Å². The van der Waals surface area contributed by atoms with E-state index < -0.39 is 6.10 Å². The number of aliphatic hydroxyl groups is 1. The first-order chi connectivity index (χ1) is 16.0. The number of fused-ring (bicyclic) bond motifs is 1. The van der Waals surface area contributed by atoms with Crippen molar-refractivity contribution in [3.8, 4) is 0 Å². The summed E-state index contributed by atoms with van der Waals surface area (Å²) in [5.41, 5.74) is 7.58. The van der Waals surface area contributed by atoms with E-state index in [1.54, 1.807) is 25.4 Å². The Morgan fingerprint density at radius 1 is 1.18 bits per heavy atom. The standard InChI is InChI=1S/C28H32N2O3/c1-19(31)20-9-11-24(12-10-20)30(2)25-13-14-26-21(5-4-6-22(26)17-25)7-8-23-18-29-16-15-27(23)28(32)33-3/h9-19,21,31H,4-8H2,1-3H3/t19-,21+/m1/s1. The number of rotatable bonds is 7. The zero-order valence-electron chi connectivity index (χ0n) is 19.6. The number of carbonyl (C=O) groups is 1. The molecule has 5 nitrogen and oxygen atoms in total. The van der Waals surface area contributed by atoms with Gasteiger partial charge in [0.15, 0.2) is 0 Å². The lowest BCUT2D eigenvalue weighted by Crippen LogP contribution is -2.15. The molecule has 0 fully saturated rings. The fourth-order valence-corrected chi connectivity index (χ4v) is 4.80. The first-order valence-corrected chi connectivity index (χ1v) is 11.6. The molecule has 1 aliphatic carbocycles. The summed E-state index contributed by atoms with van der Waals surface area (Å²) >= 11 is 0. The summed E-state index contributed by atoms with van der Waals surface area (Å²) in [4.78, 5) is 18.5. The Kier molecular flexibility index (Phi) is 7.09. The molecular formula is C28H32N2O3. The van der Waals surface area contributed by atoms with E-state index >= 15 is 0 Å². The molecular weight excluding hydrogens is 412 g/mol. The van der Waals surface area contributed by atoms with Gasteiger partial charge in [0, 0.05) is 30.8 Å².